The lowest BCUT2D eigenvalue weighted by Crippen LogP contribution is -2.22. The molecule has 0 aliphatic heterocycles. The molecule has 3 aromatic carbocycles. The number of aromatic nitrogens is 6. The van der Waals surface area contributed by atoms with Gasteiger partial charge in [0.2, 0.25) is 5.82 Å². The number of tetrazole rings is 1. The number of hydrogen-bond acceptors (Lipinski definition) is 8. The number of carbonyl (C=O) groups is 1. The highest BCUT2D eigenvalue weighted by Crippen LogP contribution is 2.17. The summed E-state index contributed by atoms with van der Waals surface area (Å²) in [5, 5.41) is 15.7. The van der Waals surface area contributed by atoms with Crippen LogP contribution >= 0.6 is 11.7 Å². The van der Waals surface area contributed by atoms with Crippen LogP contribution in [-0.4, -0.2) is 42.0 Å². The van der Waals surface area contributed by atoms with Gasteiger partial charge in [0.05, 0.1) is 25.4 Å². The average Bonchev–Trinajstić information content (AvgIpc) is 3.52. The lowest BCUT2D eigenvalue weighted by atomic mass is 10.1. The van der Waals surface area contributed by atoms with Crippen LogP contribution in [-0.2, 0) is 13.1 Å². The van der Waals surface area contributed by atoms with E-state index in [0.29, 0.717) is 24.5 Å². The van der Waals surface area contributed by atoms with Crippen molar-refractivity contribution >= 4 is 28.7 Å². The number of hydrogen-bond donors (Lipinski definition) is 1. The molecule has 0 radical (unpaired) electrons. The van der Waals surface area contributed by atoms with Gasteiger partial charge in [-0.1, -0.05) is 30.3 Å². The molecule has 0 fully saturated rings. The van der Waals surface area contributed by atoms with Crippen LogP contribution in [0, 0.1) is 0 Å². The minimum Gasteiger partial charge on any atom is -0.497 e. The van der Waals surface area contributed by atoms with Crippen molar-refractivity contribution in [2.75, 3.05) is 7.11 Å². The molecule has 33 heavy (non-hydrogen) atoms. The van der Waals surface area contributed by atoms with Crippen LogP contribution in [0.4, 0.5) is 0 Å². The first-order chi connectivity index (χ1) is 16.2. The standard InChI is InChI=1S/C23H19N7O2S/c1-32-19-8-5-15(6-9-19)14-30-26-22(25-29-30)17-3-2-4-18(12-17)23(31)24-13-16-7-10-20-21(11-16)28-33-27-20/h2-12H,13-14H2,1H3,(H,24,31). The van der Waals surface area contributed by atoms with Crippen molar-refractivity contribution in [3.05, 3.63) is 83.4 Å². The van der Waals surface area contributed by atoms with E-state index in [4.69, 9.17) is 4.74 Å². The summed E-state index contributed by atoms with van der Waals surface area (Å²) in [6, 6.07) is 20.6. The SMILES string of the molecule is COc1ccc(Cn2nnc(-c3cccc(C(=O)NCc4ccc5nsnc5c4)c3)n2)cc1. The molecule has 0 aliphatic carbocycles. The number of carbonyl (C=O) groups excluding carboxylic acids is 1. The first-order valence-electron chi connectivity index (χ1n) is 10.2. The quantitative estimate of drug-likeness (QED) is 0.399. The largest absolute Gasteiger partial charge is 0.497 e. The lowest BCUT2D eigenvalue weighted by molar-refractivity contribution is 0.0951. The van der Waals surface area contributed by atoms with Crippen molar-refractivity contribution in [2.45, 2.75) is 13.1 Å². The van der Waals surface area contributed by atoms with Gasteiger partial charge in [0.1, 0.15) is 16.8 Å². The van der Waals surface area contributed by atoms with E-state index in [0.717, 1.165) is 33.5 Å². The van der Waals surface area contributed by atoms with Crippen molar-refractivity contribution in [3.8, 4) is 17.1 Å². The van der Waals surface area contributed by atoms with Crippen molar-refractivity contribution in [2.24, 2.45) is 0 Å². The molecule has 9 nitrogen and oxygen atoms in total. The Labute approximate surface area is 193 Å². The van der Waals surface area contributed by atoms with Crippen LogP contribution < -0.4 is 10.1 Å². The van der Waals surface area contributed by atoms with Crippen molar-refractivity contribution < 1.29 is 9.53 Å². The fourth-order valence-electron chi connectivity index (χ4n) is 3.34. The molecule has 0 atom stereocenters. The Morgan fingerprint density at radius 2 is 1.82 bits per heavy atom. The fourth-order valence-corrected chi connectivity index (χ4v) is 3.86. The molecule has 0 saturated carbocycles. The minimum atomic E-state index is -0.182. The van der Waals surface area contributed by atoms with E-state index < -0.39 is 0 Å². The molecular formula is C23H19N7O2S. The smallest absolute Gasteiger partial charge is 0.251 e. The second-order valence-electron chi connectivity index (χ2n) is 7.34. The van der Waals surface area contributed by atoms with Gasteiger partial charge in [-0.15, -0.1) is 10.2 Å². The number of nitrogens with one attached hydrogen (secondary N) is 1. The third kappa shape index (κ3) is 4.70. The summed E-state index contributed by atoms with van der Waals surface area (Å²) in [6.07, 6.45) is 0. The van der Waals surface area contributed by atoms with Crippen LogP contribution in [0.15, 0.2) is 66.7 Å². The summed E-state index contributed by atoms with van der Waals surface area (Å²) in [5.41, 5.74) is 4.92. The highest BCUT2D eigenvalue weighted by molar-refractivity contribution is 7.00. The van der Waals surface area contributed by atoms with Crippen LogP contribution in [0.2, 0.25) is 0 Å². The first kappa shape index (κ1) is 20.7. The van der Waals surface area contributed by atoms with E-state index in [1.54, 1.807) is 25.3 Å². The van der Waals surface area contributed by atoms with E-state index in [9.17, 15) is 4.79 Å². The molecule has 5 aromatic rings. The number of nitrogens with zero attached hydrogens (tertiary/aromatic N) is 6. The van der Waals surface area contributed by atoms with E-state index in [1.165, 1.54) is 16.5 Å². The van der Waals surface area contributed by atoms with Crippen LogP contribution in [0.1, 0.15) is 21.5 Å². The van der Waals surface area contributed by atoms with Gasteiger partial charge in [0.15, 0.2) is 0 Å². The van der Waals surface area contributed by atoms with Gasteiger partial charge in [-0.05, 0) is 52.7 Å². The summed E-state index contributed by atoms with van der Waals surface area (Å²) in [5.74, 6) is 1.07. The third-order valence-corrected chi connectivity index (χ3v) is 5.65. The lowest BCUT2D eigenvalue weighted by Gasteiger charge is -2.06. The summed E-state index contributed by atoms with van der Waals surface area (Å²) >= 11 is 1.17. The molecule has 0 saturated heterocycles. The van der Waals surface area contributed by atoms with Gasteiger partial charge in [0, 0.05) is 17.7 Å². The predicted molar refractivity (Wildman–Crippen MR) is 124 cm³/mol. The zero-order valence-corrected chi connectivity index (χ0v) is 18.5. The molecule has 0 aliphatic rings. The minimum absolute atomic E-state index is 0.182. The highest BCUT2D eigenvalue weighted by Gasteiger charge is 2.11. The molecular weight excluding hydrogens is 438 g/mol. The van der Waals surface area contributed by atoms with E-state index in [-0.39, 0.29) is 5.91 Å². The molecule has 1 amide bonds. The van der Waals surface area contributed by atoms with Crippen molar-refractivity contribution in [3.63, 3.8) is 0 Å². The monoisotopic (exact) mass is 457 g/mol. The van der Waals surface area contributed by atoms with Crippen LogP contribution in [0.5, 0.6) is 5.75 Å². The van der Waals surface area contributed by atoms with Crippen molar-refractivity contribution in [1.29, 1.82) is 0 Å². The zero-order chi connectivity index (χ0) is 22.6. The number of benzene rings is 3. The summed E-state index contributed by atoms with van der Waals surface area (Å²) in [7, 11) is 1.63. The molecule has 0 unspecified atom stereocenters. The third-order valence-electron chi connectivity index (χ3n) is 5.09. The molecule has 5 rings (SSSR count). The number of amides is 1. The van der Waals surface area contributed by atoms with E-state index in [1.807, 2.05) is 48.5 Å². The summed E-state index contributed by atoms with van der Waals surface area (Å²) in [4.78, 5) is 14.2. The van der Waals surface area contributed by atoms with Gasteiger partial charge in [0.25, 0.3) is 5.91 Å². The molecule has 1 N–H and O–H groups in total. The molecule has 0 spiro atoms. The number of rotatable bonds is 7. The fraction of sp³-hybridized carbons (Fsp3) is 0.130. The normalized spacial score (nSPS) is 10.9. The maximum absolute atomic E-state index is 12.7. The number of ether oxygens (including phenoxy) is 1. The van der Waals surface area contributed by atoms with Gasteiger partial charge in [-0.25, -0.2) is 0 Å². The van der Waals surface area contributed by atoms with Gasteiger partial charge >= 0.3 is 0 Å². The van der Waals surface area contributed by atoms with Gasteiger partial charge in [-0.2, -0.15) is 13.5 Å². The maximum Gasteiger partial charge on any atom is 0.251 e. The highest BCUT2D eigenvalue weighted by atomic mass is 32.1. The second-order valence-corrected chi connectivity index (χ2v) is 7.87. The molecule has 0 bridgehead atoms. The molecule has 164 valence electrons. The Balaban J connectivity index is 1.26. The Kier molecular flexibility index (Phi) is 5.73. The Hall–Kier alpha value is -4.18. The Morgan fingerprint density at radius 3 is 2.67 bits per heavy atom. The number of methoxy groups -OCH3 is 1. The maximum atomic E-state index is 12.7. The summed E-state index contributed by atoms with van der Waals surface area (Å²) in [6.45, 7) is 0.878. The first-order valence-corrected chi connectivity index (χ1v) is 10.9. The molecule has 2 heterocycles. The predicted octanol–water partition coefficient (Wildman–Crippen LogP) is 3.33. The van der Waals surface area contributed by atoms with Crippen molar-refractivity contribution in [1.82, 2.24) is 34.3 Å². The second kappa shape index (κ2) is 9.13. The molecule has 10 heteroatoms. The Bertz CT molecular complexity index is 1410. The Morgan fingerprint density at radius 1 is 1.00 bits per heavy atom. The number of fused-ring (bicyclic) bond motifs is 1. The molecule has 2 aromatic heterocycles. The average molecular weight is 458 g/mol. The van der Waals surface area contributed by atoms with E-state index in [2.05, 4.69) is 29.5 Å². The van der Waals surface area contributed by atoms with Gasteiger partial charge in [-0.3, -0.25) is 4.79 Å². The van der Waals surface area contributed by atoms with E-state index >= 15 is 0 Å². The topological polar surface area (TPSA) is 108 Å². The summed E-state index contributed by atoms with van der Waals surface area (Å²) < 4.78 is 13.6. The van der Waals surface area contributed by atoms with Gasteiger partial charge < -0.3 is 10.1 Å². The van der Waals surface area contributed by atoms with Crippen LogP contribution in [0.25, 0.3) is 22.4 Å². The van der Waals surface area contributed by atoms with Crippen LogP contribution in [0.3, 0.4) is 0 Å². The zero-order valence-electron chi connectivity index (χ0n) is 17.7.